The highest BCUT2D eigenvalue weighted by atomic mass is 32.2. The molecule has 0 amide bonds. The lowest BCUT2D eigenvalue weighted by Crippen LogP contribution is -2.38. The molecular weight excluding hydrogens is 188 g/mol. The molecule has 13 heavy (non-hydrogen) atoms. The van der Waals surface area contributed by atoms with E-state index in [1.54, 1.807) is 11.8 Å². The van der Waals surface area contributed by atoms with Gasteiger partial charge in [-0.25, -0.2) is 4.79 Å². The van der Waals surface area contributed by atoms with Gasteiger partial charge in [-0.1, -0.05) is 13.8 Å². The number of hydrogen-bond acceptors (Lipinski definition) is 4. The lowest BCUT2D eigenvalue weighted by atomic mass is 10.1. The summed E-state index contributed by atoms with van der Waals surface area (Å²) in [5.74, 6) is 1.33. The van der Waals surface area contributed by atoms with Gasteiger partial charge in [-0.05, 0) is 18.6 Å². The molecule has 0 aliphatic carbocycles. The van der Waals surface area contributed by atoms with Crippen molar-refractivity contribution in [3.63, 3.8) is 0 Å². The second kappa shape index (κ2) is 5.50. The molecule has 1 unspecified atom stereocenters. The van der Waals surface area contributed by atoms with E-state index in [9.17, 15) is 9.90 Å². The lowest BCUT2D eigenvalue weighted by molar-refractivity contribution is -0.158. The molecule has 1 atom stereocenters. The van der Waals surface area contributed by atoms with E-state index in [4.69, 9.17) is 0 Å². The third-order valence-electron chi connectivity index (χ3n) is 1.46. The van der Waals surface area contributed by atoms with Crippen LogP contribution in [-0.4, -0.2) is 35.3 Å². The van der Waals surface area contributed by atoms with Crippen LogP contribution in [-0.2, 0) is 9.53 Å². The van der Waals surface area contributed by atoms with E-state index in [1.807, 2.05) is 0 Å². The minimum atomic E-state index is -1.35. The van der Waals surface area contributed by atoms with Crippen molar-refractivity contribution in [2.75, 3.05) is 18.6 Å². The van der Waals surface area contributed by atoms with Crippen LogP contribution < -0.4 is 0 Å². The first-order chi connectivity index (χ1) is 5.90. The quantitative estimate of drug-likeness (QED) is 0.689. The van der Waals surface area contributed by atoms with E-state index in [1.165, 1.54) is 14.0 Å². The molecule has 0 aromatic rings. The van der Waals surface area contributed by atoms with Gasteiger partial charge in [0.1, 0.15) is 0 Å². The maximum atomic E-state index is 11.0. The van der Waals surface area contributed by atoms with Gasteiger partial charge in [0.15, 0.2) is 5.60 Å². The summed E-state index contributed by atoms with van der Waals surface area (Å²) in [6, 6.07) is 0. The van der Waals surface area contributed by atoms with Gasteiger partial charge in [0.25, 0.3) is 0 Å². The number of ether oxygens (including phenoxy) is 1. The van der Waals surface area contributed by atoms with E-state index < -0.39 is 11.6 Å². The Labute approximate surface area is 83.9 Å². The topological polar surface area (TPSA) is 46.5 Å². The first-order valence-electron chi connectivity index (χ1n) is 4.28. The van der Waals surface area contributed by atoms with Crippen molar-refractivity contribution in [3.05, 3.63) is 0 Å². The zero-order chi connectivity index (χ0) is 10.5. The molecule has 0 aromatic heterocycles. The SMILES string of the molecule is COC(=O)C(C)(O)CSCC(C)C. The van der Waals surface area contributed by atoms with Crippen LogP contribution in [0.5, 0.6) is 0 Å². The summed E-state index contributed by atoms with van der Waals surface area (Å²) in [5, 5.41) is 9.60. The average Bonchev–Trinajstić information content (AvgIpc) is 2.01. The van der Waals surface area contributed by atoms with Gasteiger partial charge < -0.3 is 9.84 Å². The Hall–Kier alpha value is -0.220. The molecule has 0 saturated heterocycles. The minimum absolute atomic E-state index is 0.387. The Balaban J connectivity index is 3.82. The van der Waals surface area contributed by atoms with Crippen LogP contribution in [0.2, 0.25) is 0 Å². The van der Waals surface area contributed by atoms with Crippen molar-refractivity contribution in [3.8, 4) is 0 Å². The van der Waals surface area contributed by atoms with E-state index >= 15 is 0 Å². The Bertz CT molecular complexity index is 166. The number of esters is 1. The molecule has 0 bridgehead atoms. The number of hydrogen-bond donors (Lipinski definition) is 1. The Morgan fingerprint density at radius 1 is 1.62 bits per heavy atom. The summed E-state index contributed by atoms with van der Waals surface area (Å²) in [6.45, 7) is 5.67. The molecule has 0 saturated carbocycles. The van der Waals surface area contributed by atoms with Gasteiger partial charge in [-0.3, -0.25) is 0 Å². The zero-order valence-electron chi connectivity index (χ0n) is 8.66. The standard InChI is InChI=1S/C9H18O3S/c1-7(2)5-13-6-9(3,11)8(10)12-4/h7,11H,5-6H2,1-4H3. The van der Waals surface area contributed by atoms with Crippen molar-refractivity contribution in [2.45, 2.75) is 26.4 Å². The van der Waals surface area contributed by atoms with Gasteiger partial charge in [-0.15, -0.1) is 0 Å². The number of aliphatic hydroxyl groups is 1. The highest BCUT2D eigenvalue weighted by Crippen LogP contribution is 2.16. The number of thioether (sulfide) groups is 1. The second-order valence-corrected chi connectivity index (χ2v) is 4.70. The second-order valence-electron chi connectivity index (χ2n) is 3.67. The molecule has 3 nitrogen and oxygen atoms in total. The van der Waals surface area contributed by atoms with Gasteiger partial charge in [0.05, 0.1) is 7.11 Å². The van der Waals surface area contributed by atoms with Crippen LogP contribution in [0.4, 0.5) is 0 Å². The average molecular weight is 206 g/mol. The smallest absolute Gasteiger partial charge is 0.338 e. The molecule has 4 heteroatoms. The van der Waals surface area contributed by atoms with E-state index in [2.05, 4.69) is 18.6 Å². The van der Waals surface area contributed by atoms with E-state index in [0.29, 0.717) is 11.7 Å². The van der Waals surface area contributed by atoms with Crippen molar-refractivity contribution in [1.29, 1.82) is 0 Å². The summed E-state index contributed by atoms with van der Waals surface area (Å²) in [5.41, 5.74) is -1.35. The summed E-state index contributed by atoms with van der Waals surface area (Å²) in [4.78, 5) is 11.0. The van der Waals surface area contributed by atoms with Gasteiger partial charge in [-0.2, -0.15) is 11.8 Å². The summed E-state index contributed by atoms with van der Waals surface area (Å²) >= 11 is 1.56. The van der Waals surface area contributed by atoms with Gasteiger partial charge in [0, 0.05) is 5.75 Å². The fourth-order valence-corrected chi connectivity index (χ4v) is 1.88. The fourth-order valence-electron chi connectivity index (χ4n) is 0.772. The third-order valence-corrected chi connectivity index (χ3v) is 3.13. The van der Waals surface area contributed by atoms with Crippen molar-refractivity contribution >= 4 is 17.7 Å². The minimum Gasteiger partial charge on any atom is -0.467 e. The molecule has 1 N–H and O–H groups in total. The maximum Gasteiger partial charge on any atom is 0.338 e. The molecule has 78 valence electrons. The maximum absolute atomic E-state index is 11.0. The Morgan fingerprint density at radius 2 is 2.15 bits per heavy atom. The largest absolute Gasteiger partial charge is 0.467 e. The van der Waals surface area contributed by atoms with Crippen LogP contribution in [0.15, 0.2) is 0 Å². The predicted octanol–water partition coefficient (Wildman–Crippen LogP) is 1.30. The molecule has 0 aromatic carbocycles. The number of carbonyl (C=O) groups is 1. The molecule has 0 spiro atoms. The molecule has 0 rings (SSSR count). The lowest BCUT2D eigenvalue weighted by Gasteiger charge is -2.19. The van der Waals surface area contributed by atoms with Crippen molar-refractivity contribution < 1.29 is 14.6 Å². The molecule has 0 radical (unpaired) electrons. The number of methoxy groups -OCH3 is 1. The summed E-state index contributed by atoms with van der Waals surface area (Å²) < 4.78 is 4.47. The molecule has 0 fully saturated rings. The third kappa shape index (κ3) is 5.16. The van der Waals surface area contributed by atoms with Crippen LogP contribution in [0, 0.1) is 5.92 Å². The monoisotopic (exact) mass is 206 g/mol. The predicted molar refractivity (Wildman–Crippen MR) is 54.8 cm³/mol. The molecular formula is C9H18O3S. The Morgan fingerprint density at radius 3 is 2.54 bits per heavy atom. The van der Waals surface area contributed by atoms with Gasteiger partial charge >= 0.3 is 5.97 Å². The highest BCUT2D eigenvalue weighted by molar-refractivity contribution is 7.99. The first kappa shape index (κ1) is 12.8. The van der Waals surface area contributed by atoms with Gasteiger partial charge in [0.2, 0.25) is 0 Å². The van der Waals surface area contributed by atoms with Crippen molar-refractivity contribution in [1.82, 2.24) is 0 Å². The normalized spacial score (nSPS) is 15.5. The van der Waals surface area contributed by atoms with Crippen LogP contribution in [0.25, 0.3) is 0 Å². The molecule has 0 aliphatic heterocycles. The summed E-state index contributed by atoms with van der Waals surface area (Å²) in [6.07, 6.45) is 0. The number of carbonyl (C=O) groups excluding carboxylic acids is 1. The molecule has 0 aliphatic rings. The van der Waals surface area contributed by atoms with Crippen molar-refractivity contribution in [2.24, 2.45) is 5.92 Å². The fraction of sp³-hybridized carbons (Fsp3) is 0.889. The molecule has 0 heterocycles. The van der Waals surface area contributed by atoms with E-state index in [0.717, 1.165) is 5.75 Å². The Kier molecular flexibility index (Phi) is 5.40. The zero-order valence-corrected chi connectivity index (χ0v) is 9.48. The summed E-state index contributed by atoms with van der Waals surface area (Å²) in [7, 11) is 1.28. The van der Waals surface area contributed by atoms with Crippen LogP contribution in [0.3, 0.4) is 0 Å². The van der Waals surface area contributed by atoms with Crippen LogP contribution in [0.1, 0.15) is 20.8 Å². The highest BCUT2D eigenvalue weighted by Gasteiger charge is 2.31. The van der Waals surface area contributed by atoms with Crippen LogP contribution >= 0.6 is 11.8 Å². The van der Waals surface area contributed by atoms with E-state index in [-0.39, 0.29) is 0 Å². The first-order valence-corrected chi connectivity index (χ1v) is 5.44. The number of rotatable bonds is 5.